The molecule has 0 spiro atoms. The second-order valence-corrected chi connectivity index (χ2v) is 39.0. The molecule has 7 aliphatic heterocycles. The lowest BCUT2D eigenvalue weighted by atomic mass is 9.84. The molecule has 1 aromatic carbocycles. The predicted octanol–water partition coefficient (Wildman–Crippen LogP) is 14.9. The maximum absolute atomic E-state index is 12.5. The van der Waals surface area contributed by atoms with Crippen molar-refractivity contribution in [3.8, 4) is 0 Å². The molecule has 3 aliphatic carbocycles. The van der Waals surface area contributed by atoms with E-state index in [1.807, 2.05) is 64.0 Å². The molecule has 716 valence electrons. The molecule has 0 amide bonds. The van der Waals surface area contributed by atoms with Gasteiger partial charge in [-0.1, -0.05) is 134 Å². The number of H-pyrrole nitrogens is 5. The van der Waals surface area contributed by atoms with Gasteiger partial charge in [0.15, 0.2) is 52.7 Å². The first-order valence-corrected chi connectivity index (χ1v) is 49.9. The first-order chi connectivity index (χ1) is 66.0. The summed E-state index contributed by atoms with van der Waals surface area (Å²) in [6.07, 6.45) is 49.2. The summed E-state index contributed by atoms with van der Waals surface area (Å²) in [6, 6.07) is 18.8. The number of piperidine rings is 2. The third-order valence-corrected chi connectivity index (χ3v) is 28.4. The summed E-state index contributed by atoms with van der Waals surface area (Å²) in [7, 11) is 4.29. The number of carbonyl (C=O) groups is 1. The van der Waals surface area contributed by atoms with E-state index in [4.69, 9.17) is 38.9 Å². The van der Waals surface area contributed by atoms with Crippen molar-refractivity contribution in [2.75, 3.05) is 73.3 Å². The Balaban J connectivity index is 0.000000108. The van der Waals surface area contributed by atoms with Crippen LogP contribution in [0.4, 0.5) is 5.82 Å². The number of pyridine rings is 1. The van der Waals surface area contributed by atoms with Crippen molar-refractivity contribution >= 4 is 72.5 Å². The van der Waals surface area contributed by atoms with Crippen LogP contribution >= 0.6 is 0 Å². The summed E-state index contributed by atoms with van der Waals surface area (Å²) in [6.45, 7) is 12.3. The number of ketones is 1. The number of carbonyl (C=O) groups excluding carboxylic acids is 1. The number of nitrogens with one attached hydrogen (secondary N) is 5. The average Bonchev–Trinajstić information content (AvgIpc) is 1.68. The molecule has 0 bridgehead atoms. The van der Waals surface area contributed by atoms with E-state index in [0.717, 1.165) is 239 Å². The molecule has 12 aromatic heterocycles. The van der Waals surface area contributed by atoms with Crippen molar-refractivity contribution in [3.05, 3.63) is 196 Å². The molecular weight excluding hydrogens is 1710 g/mol. The van der Waals surface area contributed by atoms with Gasteiger partial charge in [-0.3, -0.25) is 33.8 Å². The Kier molecular flexibility index (Phi) is 31.0. The number of benzene rings is 1. The third-order valence-electron chi connectivity index (χ3n) is 28.4. The van der Waals surface area contributed by atoms with Crippen LogP contribution in [0.1, 0.15) is 294 Å². The smallest absolute Gasteiger partial charge is 0.262 e. The van der Waals surface area contributed by atoms with Gasteiger partial charge in [-0.15, -0.1) is 0 Å². The Bertz CT molecular complexity index is 6450. The van der Waals surface area contributed by atoms with Gasteiger partial charge in [0.05, 0.1) is 48.6 Å². The van der Waals surface area contributed by atoms with Crippen molar-refractivity contribution in [2.45, 2.75) is 275 Å². The fourth-order valence-corrected chi connectivity index (χ4v) is 20.9. The normalized spacial score (nSPS) is 20.5. The van der Waals surface area contributed by atoms with Crippen LogP contribution in [0.3, 0.4) is 0 Å². The number of fused-ring (bicyclic) bond motifs is 6. The van der Waals surface area contributed by atoms with Crippen LogP contribution in [0.25, 0.3) is 55.2 Å². The Morgan fingerprint density at radius 3 is 1.21 bits per heavy atom. The van der Waals surface area contributed by atoms with Gasteiger partial charge < -0.3 is 58.2 Å². The summed E-state index contributed by atoms with van der Waals surface area (Å²) in [4.78, 5) is 126. The second kappa shape index (κ2) is 44.5. The quantitative estimate of drug-likeness (QED) is 0.0532. The van der Waals surface area contributed by atoms with Crippen LogP contribution in [0.5, 0.6) is 0 Å². The number of Topliss-reactive ketones (excluding diaryl/α,β-unsaturated/α-hetero) is 1. The Labute approximate surface area is 783 Å². The van der Waals surface area contributed by atoms with E-state index in [1.165, 1.54) is 83.5 Å². The molecule has 23 rings (SSSR count). The zero-order chi connectivity index (χ0) is 92.7. The van der Waals surface area contributed by atoms with E-state index in [2.05, 4.69) is 114 Å². The lowest BCUT2D eigenvalue weighted by Gasteiger charge is -2.29. The highest BCUT2D eigenvalue weighted by Gasteiger charge is 2.33. The lowest BCUT2D eigenvalue weighted by Crippen LogP contribution is -2.32. The van der Waals surface area contributed by atoms with Gasteiger partial charge in [-0.2, -0.15) is 25.5 Å². The Morgan fingerprint density at radius 1 is 0.385 bits per heavy atom. The van der Waals surface area contributed by atoms with Crippen LogP contribution in [0, 0.1) is 23.7 Å². The summed E-state index contributed by atoms with van der Waals surface area (Å²) in [5, 5.41) is 24.7. The number of aliphatic imine (C=N–C) groups is 1. The topological polar surface area (TPSA) is 409 Å². The molecule has 6 saturated heterocycles. The molecule has 9 fully saturated rings. The highest BCUT2D eigenvalue weighted by molar-refractivity contribution is 6.15. The summed E-state index contributed by atoms with van der Waals surface area (Å²) in [5.74, 6) is 7.30. The van der Waals surface area contributed by atoms with Gasteiger partial charge in [0.1, 0.15) is 61.9 Å². The molecule has 3 saturated carbocycles. The maximum Gasteiger partial charge on any atom is 0.262 e. The van der Waals surface area contributed by atoms with Crippen molar-refractivity contribution < 1.29 is 23.7 Å². The molecule has 3 unspecified atom stereocenters. The lowest BCUT2D eigenvalue weighted by molar-refractivity contribution is -0.0371. The van der Waals surface area contributed by atoms with E-state index in [-0.39, 0.29) is 52.3 Å². The number of aromatic amines is 5. The van der Waals surface area contributed by atoms with E-state index in [1.54, 1.807) is 51.2 Å². The predicted molar refractivity (Wildman–Crippen MR) is 516 cm³/mol. The summed E-state index contributed by atoms with van der Waals surface area (Å²) in [5.41, 5.74) is 6.76. The van der Waals surface area contributed by atoms with Crippen LogP contribution in [0.15, 0.2) is 127 Å². The minimum atomic E-state index is -0.178. The standard InChI is InChI=1S/C19H26N2O2.C18H21N5O.C17H25N5O.C16H17N5O2.C16H22N4O2.C14H20N4O2/c22-18-13-15(12-14-4-2-1-3-5-14)20-19-17(18)6-9-21(19)16-7-10-23-11-8-16;1-22-9-7-14(8-10-22)23-17-15(12-19-23)18(24)21-16(20-17)11-13-5-3-2-4-6-13;1-21-8-6-13(7-9-21)22-16-14(11-18-22)17(23)20-15(19-16)10-12-4-2-3-5-12;22-16-12-10-18-21(14-6-2-4-8-23-14)15(12)19-13(20-16)9-11-5-1-3-7-17-11;21-16-12-10-17-20(14-7-3-4-8-22-14)15(12)18-13(19-16)9-11-5-1-2-6-11;1-9(2)7-11-16-13-10(14(19)17-11)8-15-18(13)12-5-3-4-6-20-12/h6,9,14,16H,1-5,7-8,10-13H2;2-6,12,14H,7-11H2,1H3,(H,20,21,24);11-13H,2-10H2,1H3,(H,19,20,23);1,3,5,7,10,14H,2,4,6,8-9H2,(H,19,20,22);10-11,14H,1-9H2,(H,18,19,21);8-9,12H,3-7H2,1-2H3,(H,16,17,19). The van der Waals surface area contributed by atoms with Gasteiger partial charge in [0, 0.05) is 101 Å². The number of aromatic nitrogens is 22. The summed E-state index contributed by atoms with van der Waals surface area (Å²) >= 11 is 0. The molecule has 3 atom stereocenters. The maximum atomic E-state index is 12.5. The molecule has 0 radical (unpaired) electrons. The molecule has 13 aromatic rings. The van der Waals surface area contributed by atoms with Gasteiger partial charge >= 0.3 is 0 Å². The van der Waals surface area contributed by atoms with Crippen molar-refractivity contribution in [2.24, 2.45) is 28.7 Å². The fraction of sp³-hybridized carbons (Fsp3) is 0.580. The Morgan fingerprint density at radius 2 is 0.778 bits per heavy atom. The largest absolute Gasteiger partial charge is 0.381 e. The zero-order valence-electron chi connectivity index (χ0n) is 78.7. The number of likely N-dealkylation sites (tertiary alicyclic amines) is 2. The molecule has 19 heterocycles. The van der Waals surface area contributed by atoms with Gasteiger partial charge in [0.2, 0.25) is 0 Å². The molecule has 5 N–H and O–H groups in total. The molecule has 135 heavy (non-hydrogen) atoms. The molecule has 35 nitrogen and oxygen atoms in total. The van der Waals surface area contributed by atoms with Crippen molar-refractivity contribution in [1.29, 1.82) is 0 Å². The monoisotopic (exact) mass is 1840 g/mol. The fourth-order valence-electron chi connectivity index (χ4n) is 20.9. The average molecular weight is 1840 g/mol. The van der Waals surface area contributed by atoms with Crippen LogP contribution in [-0.2, 0) is 51.1 Å². The van der Waals surface area contributed by atoms with Crippen LogP contribution in [-0.4, -0.2) is 203 Å². The number of hydrogen-bond donors (Lipinski definition) is 5. The molecular formula is C100H131N25O10. The van der Waals surface area contributed by atoms with Crippen LogP contribution in [0.2, 0.25) is 0 Å². The van der Waals surface area contributed by atoms with Gasteiger partial charge in [0.25, 0.3) is 27.8 Å². The van der Waals surface area contributed by atoms with E-state index in [0.29, 0.717) is 116 Å². The van der Waals surface area contributed by atoms with E-state index >= 15 is 0 Å². The van der Waals surface area contributed by atoms with E-state index in [9.17, 15) is 28.8 Å². The second-order valence-electron chi connectivity index (χ2n) is 39.0. The number of rotatable bonds is 18. The number of ether oxygens (including phenoxy) is 4. The third kappa shape index (κ3) is 23.3. The van der Waals surface area contributed by atoms with E-state index < -0.39 is 0 Å². The highest BCUT2D eigenvalue weighted by Crippen LogP contribution is 2.38. The minimum absolute atomic E-state index is 0.0397. The highest BCUT2D eigenvalue weighted by atomic mass is 16.5. The van der Waals surface area contributed by atoms with Gasteiger partial charge in [-0.05, 0) is 190 Å². The minimum Gasteiger partial charge on any atom is -0.381 e. The number of nitrogens with zero attached hydrogens (tertiary/aromatic N) is 20. The van der Waals surface area contributed by atoms with Crippen molar-refractivity contribution in [3.63, 3.8) is 0 Å². The molecule has 10 aliphatic rings. The van der Waals surface area contributed by atoms with Crippen LogP contribution < -0.4 is 27.8 Å². The van der Waals surface area contributed by atoms with Crippen molar-refractivity contribution in [1.82, 2.24) is 118 Å². The SMILES string of the molecule is CC(C)Cc1nc2c(cnn2C2CCCCO2)c(=O)[nH]1.CN1CCC(n2ncc3c(=O)[nH]c(CC4CCCC4)nc32)CC1.CN1CCC(n2ncc3c(=O)[nH]c(Cc4ccccc4)nc32)CC1.O=C1CC(CC2CCCCC2)=Nc2c1ccn2C1CCOCC1.O=c1[nH]c(CC2CCCC2)nc2c1cnn2C1CCCCO1.O=c1[nH]c(Cc2ccccn2)nc2c1cnn2C1CCCCO1. The van der Waals surface area contributed by atoms with Gasteiger partial charge in [-0.25, -0.2) is 53.3 Å². The zero-order valence-corrected chi connectivity index (χ0v) is 78.7. The first kappa shape index (κ1) is 93.9. The number of hydrogen-bond acceptors (Lipinski definition) is 24. The summed E-state index contributed by atoms with van der Waals surface area (Å²) < 4.78 is 34.2. The molecule has 35 heteroatoms. The Hall–Kier alpha value is -11.5. The first-order valence-electron chi connectivity index (χ1n) is 49.9.